The number of nitrogens with zero attached hydrogens (tertiary/aromatic N) is 1. The van der Waals surface area contributed by atoms with E-state index in [2.05, 4.69) is 23.1 Å². The van der Waals surface area contributed by atoms with Crippen LogP contribution in [-0.2, 0) is 6.54 Å². The van der Waals surface area contributed by atoms with E-state index in [1.807, 2.05) is 42.5 Å². The molecule has 0 aromatic heterocycles. The van der Waals surface area contributed by atoms with E-state index in [9.17, 15) is 8.78 Å². The standard InChI is InChI=1S/C22H17F2N/c23-18-12-17(13-19(24)14-18)20-10-11-25(15-16-6-2-1-3-7-16)22-9-5-4-8-21(20)22/h1-10,12-14H,11,15H2. The van der Waals surface area contributed by atoms with Gasteiger partial charge in [-0.3, -0.25) is 0 Å². The maximum Gasteiger partial charge on any atom is 0.126 e. The van der Waals surface area contributed by atoms with E-state index in [0.29, 0.717) is 12.1 Å². The second-order valence-electron chi connectivity index (χ2n) is 6.16. The van der Waals surface area contributed by atoms with Gasteiger partial charge in [-0.15, -0.1) is 0 Å². The first-order chi connectivity index (χ1) is 12.2. The molecule has 1 heterocycles. The summed E-state index contributed by atoms with van der Waals surface area (Å²) in [5, 5.41) is 0. The molecule has 1 nitrogen and oxygen atoms in total. The molecule has 25 heavy (non-hydrogen) atoms. The number of fused-ring (bicyclic) bond motifs is 1. The molecule has 0 atom stereocenters. The zero-order valence-corrected chi connectivity index (χ0v) is 13.6. The Morgan fingerprint density at radius 2 is 1.48 bits per heavy atom. The van der Waals surface area contributed by atoms with E-state index in [1.165, 1.54) is 17.7 Å². The lowest BCUT2D eigenvalue weighted by Crippen LogP contribution is -2.26. The van der Waals surface area contributed by atoms with E-state index in [-0.39, 0.29) is 0 Å². The second kappa shape index (κ2) is 6.52. The molecule has 0 fully saturated rings. The lowest BCUT2D eigenvalue weighted by Gasteiger charge is -2.31. The molecule has 3 heteroatoms. The van der Waals surface area contributed by atoms with Gasteiger partial charge in [0.15, 0.2) is 0 Å². The summed E-state index contributed by atoms with van der Waals surface area (Å²) in [5.41, 5.74) is 4.75. The Balaban J connectivity index is 1.73. The van der Waals surface area contributed by atoms with Crippen LogP contribution in [-0.4, -0.2) is 6.54 Å². The molecule has 0 N–H and O–H groups in total. The third-order valence-corrected chi connectivity index (χ3v) is 4.44. The molecule has 0 radical (unpaired) electrons. The predicted molar refractivity (Wildman–Crippen MR) is 97.4 cm³/mol. The molecule has 0 unspecified atom stereocenters. The van der Waals surface area contributed by atoms with Crippen LogP contribution >= 0.6 is 0 Å². The second-order valence-corrected chi connectivity index (χ2v) is 6.16. The first-order valence-electron chi connectivity index (χ1n) is 8.25. The third-order valence-electron chi connectivity index (χ3n) is 4.44. The van der Waals surface area contributed by atoms with Gasteiger partial charge in [0.2, 0.25) is 0 Å². The SMILES string of the molecule is Fc1cc(F)cc(C2=CCN(Cc3ccccc3)c3ccccc32)c1. The van der Waals surface area contributed by atoms with Gasteiger partial charge in [-0.2, -0.15) is 0 Å². The molecule has 3 aromatic rings. The molecule has 124 valence electrons. The van der Waals surface area contributed by atoms with Crippen LogP contribution in [0.4, 0.5) is 14.5 Å². The Labute approximate surface area is 145 Å². The van der Waals surface area contributed by atoms with Crippen molar-refractivity contribution in [2.24, 2.45) is 0 Å². The lowest BCUT2D eigenvalue weighted by atomic mass is 9.92. The molecule has 0 saturated heterocycles. The van der Waals surface area contributed by atoms with Crippen molar-refractivity contribution in [1.29, 1.82) is 0 Å². The van der Waals surface area contributed by atoms with Crippen molar-refractivity contribution in [3.8, 4) is 0 Å². The third kappa shape index (κ3) is 3.18. The van der Waals surface area contributed by atoms with E-state index in [1.54, 1.807) is 0 Å². The fourth-order valence-electron chi connectivity index (χ4n) is 3.32. The molecule has 1 aliphatic rings. The van der Waals surface area contributed by atoms with Gasteiger partial charge in [0.05, 0.1) is 0 Å². The Morgan fingerprint density at radius 1 is 0.800 bits per heavy atom. The Hall–Kier alpha value is -2.94. The molecular formula is C22H17F2N. The van der Waals surface area contributed by atoms with Crippen molar-refractivity contribution in [2.45, 2.75) is 6.54 Å². The van der Waals surface area contributed by atoms with Gasteiger partial charge in [-0.05, 0) is 34.9 Å². The fraction of sp³-hybridized carbons (Fsp3) is 0.0909. The average Bonchev–Trinajstić information content (AvgIpc) is 2.62. The summed E-state index contributed by atoms with van der Waals surface area (Å²) >= 11 is 0. The Bertz CT molecular complexity index is 912. The highest BCUT2D eigenvalue weighted by molar-refractivity contribution is 5.88. The minimum Gasteiger partial charge on any atom is -0.363 e. The monoisotopic (exact) mass is 333 g/mol. The summed E-state index contributed by atoms with van der Waals surface area (Å²) in [6, 6.07) is 21.9. The number of hydrogen-bond acceptors (Lipinski definition) is 1. The van der Waals surface area contributed by atoms with Gasteiger partial charge >= 0.3 is 0 Å². The first kappa shape index (κ1) is 15.6. The van der Waals surface area contributed by atoms with Crippen molar-refractivity contribution in [2.75, 3.05) is 11.4 Å². The molecule has 0 amide bonds. The number of anilines is 1. The summed E-state index contributed by atoms with van der Waals surface area (Å²) in [5.74, 6) is -1.11. The van der Waals surface area contributed by atoms with Crippen molar-refractivity contribution >= 4 is 11.3 Å². The van der Waals surface area contributed by atoms with E-state index in [0.717, 1.165) is 29.4 Å². The van der Waals surface area contributed by atoms with Gasteiger partial charge in [-0.25, -0.2) is 8.78 Å². The molecule has 0 bridgehead atoms. The predicted octanol–water partition coefficient (Wildman–Crippen LogP) is 5.42. The minimum absolute atomic E-state index is 0.555. The van der Waals surface area contributed by atoms with Crippen LogP contribution in [0.3, 0.4) is 0 Å². The van der Waals surface area contributed by atoms with Crippen molar-refractivity contribution in [3.05, 3.63) is 107 Å². The summed E-state index contributed by atoms with van der Waals surface area (Å²) in [4.78, 5) is 2.27. The zero-order valence-electron chi connectivity index (χ0n) is 13.6. The first-order valence-corrected chi connectivity index (χ1v) is 8.25. The average molecular weight is 333 g/mol. The van der Waals surface area contributed by atoms with Crippen LogP contribution < -0.4 is 4.90 Å². The number of para-hydroxylation sites is 1. The molecule has 0 spiro atoms. The minimum atomic E-state index is -0.555. The van der Waals surface area contributed by atoms with Gasteiger partial charge in [0.1, 0.15) is 11.6 Å². The fourth-order valence-corrected chi connectivity index (χ4v) is 3.32. The summed E-state index contributed by atoms with van der Waals surface area (Å²) in [6.07, 6.45) is 2.04. The lowest BCUT2D eigenvalue weighted by molar-refractivity contribution is 0.582. The van der Waals surface area contributed by atoms with Gasteiger partial charge in [0, 0.05) is 30.4 Å². The highest BCUT2D eigenvalue weighted by Gasteiger charge is 2.20. The van der Waals surface area contributed by atoms with Crippen LogP contribution in [0.1, 0.15) is 16.7 Å². The summed E-state index contributed by atoms with van der Waals surface area (Å²) < 4.78 is 27.3. The van der Waals surface area contributed by atoms with E-state index >= 15 is 0 Å². The maximum atomic E-state index is 13.6. The van der Waals surface area contributed by atoms with Crippen molar-refractivity contribution in [3.63, 3.8) is 0 Å². The topological polar surface area (TPSA) is 3.24 Å². The summed E-state index contributed by atoms with van der Waals surface area (Å²) in [6.45, 7) is 1.48. The number of rotatable bonds is 3. The zero-order chi connectivity index (χ0) is 17.2. The Morgan fingerprint density at radius 3 is 2.24 bits per heavy atom. The molecule has 4 rings (SSSR count). The van der Waals surface area contributed by atoms with Crippen molar-refractivity contribution in [1.82, 2.24) is 0 Å². The van der Waals surface area contributed by atoms with Crippen LogP contribution in [0.5, 0.6) is 0 Å². The quantitative estimate of drug-likeness (QED) is 0.619. The van der Waals surface area contributed by atoms with E-state index < -0.39 is 11.6 Å². The highest BCUT2D eigenvalue weighted by atomic mass is 19.1. The number of hydrogen-bond donors (Lipinski definition) is 0. The smallest absolute Gasteiger partial charge is 0.126 e. The van der Waals surface area contributed by atoms with Crippen molar-refractivity contribution < 1.29 is 8.78 Å². The van der Waals surface area contributed by atoms with Gasteiger partial charge in [0.25, 0.3) is 0 Å². The number of benzene rings is 3. The van der Waals surface area contributed by atoms with Gasteiger partial charge in [-0.1, -0.05) is 54.6 Å². The molecule has 0 aliphatic carbocycles. The molecule has 1 aliphatic heterocycles. The van der Waals surface area contributed by atoms with Crippen LogP contribution in [0.2, 0.25) is 0 Å². The van der Waals surface area contributed by atoms with E-state index in [4.69, 9.17) is 0 Å². The maximum absolute atomic E-state index is 13.6. The Kier molecular flexibility index (Phi) is 4.06. The molecule has 0 saturated carbocycles. The van der Waals surface area contributed by atoms with Gasteiger partial charge < -0.3 is 4.90 Å². The largest absolute Gasteiger partial charge is 0.363 e. The molecular weight excluding hydrogens is 316 g/mol. The van der Waals surface area contributed by atoms with Crippen LogP contribution in [0.25, 0.3) is 5.57 Å². The highest BCUT2D eigenvalue weighted by Crippen LogP contribution is 2.36. The number of halogens is 2. The van der Waals surface area contributed by atoms with Crippen LogP contribution in [0.15, 0.2) is 78.9 Å². The normalized spacial score (nSPS) is 13.4. The summed E-state index contributed by atoms with van der Waals surface area (Å²) in [7, 11) is 0. The van der Waals surface area contributed by atoms with Crippen LogP contribution in [0, 0.1) is 11.6 Å². The molecule has 3 aromatic carbocycles.